The lowest BCUT2D eigenvalue weighted by molar-refractivity contribution is -0.120. The Morgan fingerprint density at radius 2 is 2.22 bits per heavy atom. The van der Waals surface area contributed by atoms with Gasteiger partial charge in [0.2, 0.25) is 5.91 Å². The summed E-state index contributed by atoms with van der Waals surface area (Å²) >= 11 is 1.42. The van der Waals surface area contributed by atoms with Crippen LogP contribution in [0.2, 0.25) is 0 Å². The Bertz CT molecular complexity index is 610. The smallest absolute Gasteiger partial charge is 0.233 e. The molecule has 6 nitrogen and oxygen atoms in total. The third kappa shape index (κ3) is 4.60. The second kappa shape index (κ2) is 8.76. The molecule has 2 aromatic rings. The molecular weight excluding hydrogens is 312 g/mol. The Balaban J connectivity index is 1.98. The zero-order valence-electron chi connectivity index (χ0n) is 13.9. The van der Waals surface area contributed by atoms with Crippen molar-refractivity contribution in [2.45, 2.75) is 57.0 Å². The second-order valence-electron chi connectivity index (χ2n) is 5.29. The van der Waals surface area contributed by atoms with Crippen LogP contribution in [0.4, 0.5) is 0 Å². The first-order chi connectivity index (χ1) is 11.2. The highest BCUT2D eigenvalue weighted by atomic mass is 32.2. The number of furan rings is 1. The predicted octanol–water partition coefficient (Wildman–Crippen LogP) is 3.35. The van der Waals surface area contributed by atoms with Gasteiger partial charge in [-0.25, -0.2) is 0 Å². The molecule has 1 atom stereocenters. The summed E-state index contributed by atoms with van der Waals surface area (Å²) in [6.07, 6.45) is 4.92. The van der Waals surface area contributed by atoms with Gasteiger partial charge in [-0.2, -0.15) is 0 Å². The van der Waals surface area contributed by atoms with Crippen LogP contribution in [-0.2, 0) is 11.3 Å². The molecule has 1 unspecified atom stereocenters. The monoisotopic (exact) mass is 336 g/mol. The van der Waals surface area contributed by atoms with Crippen molar-refractivity contribution in [3.05, 3.63) is 18.4 Å². The van der Waals surface area contributed by atoms with Gasteiger partial charge in [-0.1, -0.05) is 31.5 Å². The summed E-state index contributed by atoms with van der Waals surface area (Å²) in [5.74, 6) is 1.41. The van der Waals surface area contributed by atoms with Gasteiger partial charge >= 0.3 is 0 Å². The number of thioether (sulfide) groups is 1. The fourth-order valence-electron chi connectivity index (χ4n) is 2.19. The Hall–Kier alpha value is -1.76. The topological polar surface area (TPSA) is 73.0 Å². The predicted molar refractivity (Wildman–Crippen MR) is 91.3 cm³/mol. The van der Waals surface area contributed by atoms with Crippen molar-refractivity contribution in [1.82, 2.24) is 20.1 Å². The highest BCUT2D eigenvalue weighted by Crippen LogP contribution is 2.26. The lowest BCUT2D eigenvalue weighted by Crippen LogP contribution is -2.31. The number of aromatic nitrogens is 3. The van der Waals surface area contributed by atoms with Gasteiger partial charge in [0, 0.05) is 13.1 Å². The van der Waals surface area contributed by atoms with E-state index in [1.807, 2.05) is 30.5 Å². The molecule has 2 heterocycles. The van der Waals surface area contributed by atoms with Crippen molar-refractivity contribution in [2.24, 2.45) is 0 Å². The van der Waals surface area contributed by atoms with Crippen LogP contribution in [-0.4, -0.2) is 32.5 Å². The molecule has 7 heteroatoms. The number of nitrogens with one attached hydrogen (secondary N) is 1. The Morgan fingerprint density at radius 1 is 1.39 bits per heavy atom. The molecular formula is C16H24N4O2S. The SMILES string of the molecule is CCCCCNC(=O)C(C)Sc1nnc(-c2ccco2)n1CC. The summed E-state index contributed by atoms with van der Waals surface area (Å²) in [4.78, 5) is 12.1. The molecule has 0 fully saturated rings. The zero-order valence-corrected chi connectivity index (χ0v) is 14.7. The van der Waals surface area contributed by atoms with Crippen molar-refractivity contribution >= 4 is 17.7 Å². The Morgan fingerprint density at radius 3 is 2.87 bits per heavy atom. The molecule has 0 aromatic carbocycles. The van der Waals surface area contributed by atoms with Crippen LogP contribution in [0.15, 0.2) is 28.0 Å². The van der Waals surface area contributed by atoms with Crippen LogP contribution in [0.3, 0.4) is 0 Å². The van der Waals surface area contributed by atoms with Gasteiger partial charge in [-0.05, 0) is 32.4 Å². The molecule has 0 saturated carbocycles. The van der Waals surface area contributed by atoms with Crippen molar-refractivity contribution in [2.75, 3.05) is 6.54 Å². The molecule has 0 saturated heterocycles. The van der Waals surface area contributed by atoms with Crippen molar-refractivity contribution in [3.63, 3.8) is 0 Å². The summed E-state index contributed by atoms with van der Waals surface area (Å²) in [6.45, 7) is 7.51. The van der Waals surface area contributed by atoms with E-state index in [0.29, 0.717) is 11.6 Å². The normalized spacial score (nSPS) is 12.3. The summed E-state index contributed by atoms with van der Waals surface area (Å²) in [6, 6.07) is 3.68. The molecule has 1 N–H and O–H groups in total. The number of carbonyl (C=O) groups excluding carboxylic acids is 1. The summed E-state index contributed by atoms with van der Waals surface area (Å²) in [5.41, 5.74) is 0. The number of nitrogens with zero attached hydrogens (tertiary/aromatic N) is 3. The van der Waals surface area contributed by atoms with Crippen molar-refractivity contribution in [1.29, 1.82) is 0 Å². The van der Waals surface area contributed by atoms with E-state index in [4.69, 9.17) is 4.42 Å². The average Bonchev–Trinajstić information content (AvgIpc) is 3.20. The zero-order chi connectivity index (χ0) is 16.7. The first kappa shape index (κ1) is 17.6. The number of hydrogen-bond donors (Lipinski definition) is 1. The molecule has 0 aliphatic rings. The van der Waals surface area contributed by atoms with Crippen LogP contribution < -0.4 is 5.32 Å². The Labute approximate surface area is 141 Å². The first-order valence-electron chi connectivity index (χ1n) is 8.08. The van der Waals surface area contributed by atoms with Crippen molar-refractivity contribution < 1.29 is 9.21 Å². The van der Waals surface area contributed by atoms with Crippen LogP contribution in [0.1, 0.15) is 40.0 Å². The van der Waals surface area contributed by atoms with E-state index >= 15 is 0 Å². The van der Waals surface area contributed by atoms with E-state index in [0.717, 1.165) is 37.5 Å². The molecule has 2 aromatic heterocycles. The number of unbranched alkanes of at least 4 members (excludes halogenated alkanes) is 2. The van der Waals surface area contributed by atoms with Gasteiger partial charge in [-0.15, -0.1) is 10.2 Å². The molecule has 2 rings (SSSR count). The van der Waals surface area contributed by atoms with Crippen LogP contribution in [0.25, 0.3) is 11.6 Å². The molecule has 126 valence electrons. The highest BCUT2D eigenvalue weighted by molar-refractivity contribution is 8.00. The summed E-state index contributed by atoms with van der Waals surface area (Å²) < 4.78 is 7.35. The summed E-state index contributed by atoms with van der Waals surface area (Å²) in [7, 11) is 0. The van der Waals surface area contributed by atoms with E-state index in [2.05, 4.69) is 22.4 Å². The highest BCUT2D eigenvalue weighted by Gasteiger charge is 2.20. The molecule has 0 aliphatic carbocycles. The molecule has 0 aliphatic heterocycles. The maximum atomic E-state index is 12.1. The minimum atomic E-state index is -0.212. The lowest BCUT2D eigenvalue weighted by atomic mass is 10.2. The van der Waals surface area contributed by atoms with E-state index in [-0.39, 0.29) is 11.2 Å². The number of amides is 1. The van der Waals surface area contributed by atoms with E-state index in [1.165, 1.54) is 11.8 Å². The number of carbonyl (C=O) groups is 1. The Kier molecular flexibility index (Phi) is 6.70. The lowest BCUT2D eigenvalue weighted by Gasteiger charge is -2.12. The second-order valence-corrected chi connectivity index (χ2v) is 6.59. The minimum Gasteiger partial charge on any atom is -0.461 e. The van der Waals surface area contributed by atoms with Crippen LogP contribution >= 0.6 is 11.8 Å². The van der Waals surface area contributed by atoms with Crippen LogP contribution in [0, 0.1) is 0 Å². The third-order valence-electron chi connectivity index (χ3n) is 3.51. The van der Waals surface area contributed by atoms with E-state index < -0.39 is 0 Å². The number of rotatable bonds is 9. The summed E-state index contributed by atoms with van der Waals surface area (Å²) in [5, 5.41) is 11.9. The van der Waals surface area contributed by atoms with Gasteiger partial charge in [0.05, 0.1) is 11.5 Å². The van der Waals surface area contributed by atoms with Gasteiger partial charge in [0.1, 0.15) is 0 Å². The van der Waals surface area contributed by atoms with E-state index in [9.17, 15) is 4.79 Å². The standard InChI is InChI=1S/C16H24N4O2S/c1-4-6-7-10-17-15(21)12(3)23-16-19-18-14(20(16)5-2)13-9-8-11-22-13/h8-9,11-12H,4-7,10H2,1-3H3,(H,17,21). The third-order valence-corrected chi connectivity index (χ3v) is 4.59. The van der Waals surface area contributed by atoms with Gasteiger partial charge in [-0.3, -0.25) is 9.36 Å². The minimum absolute atomic E-state index is 0.0382. The molecule has 23 heavy (non-hydrogen) atoms. The van der Waals surface area contributed by atoms with Gasteiger partial charge in [0.25, 0.3) is 0 Å². The first-order valence-corrected chi connectivity index (χ1v) is 8.96. The maximum Gasteiger partial charge on any atom is 0.233 e. The van der Waals surface area contributed by atoms with E-state index in [1.54, 1.807) is 6.26 Å². The number of hydrogen-bond acceptors (Lipinski definition) is 5. The van der Waals surface area contributed by atoms with Crippen molar-refractivity contribution in [3.8, 4) is 11.6 Å². The fourth-order valence-corrected chi connectivity index (χ4v) is 3.13. The van der Waals surface area contributed by atoms with Gasteiger partial charge < -0.3 is 9.73 Å². The van der Waals surface area contributed by atoms with Crippen LogP contribution in [0.5, 0.6) is 0 Å². The average molecular weight is 336 g/mol. The maximum absolute atomic E-state index is 12.1. The molecule has 0 radical (unpaired) electrons. The molecule has 1 amide bonds. The molecule has 0 bridgehead atoms. The molecule has 0 spiro atoms. The van der Waals surface area contributed by atoms with Gasteiger partial charge in [0.15, 0.2) is 16.7 Å². The quantitative estimate of drug-likeness (QED) is 0.561. The fraction of sp³-hybridized carbons (Fsp3) is 0.562. The largest absolute Gasteiger partial charge is 0.461 e.